The third-order valence-corrected chi connectivity index (χ3v) is 3.42. The van der Waals surface area contributed by atoms with E-state index in [0.717, 1.165) is 26.1 Å². The molecule has 20 heavy (non-hydrogen) atoms. The Labute approximate surface area is 121 Å². The Morgan fingerprint density at radius 2 is 2.15 bits per heavy atom. The molecule has 2 rings (SSSR count). The van der Waals surface area contributed by atoms with E-state index in [4.69, 9.17) is 0 Å². The summed E-state index contributed by atoms with van der Waals surface area (Å²) in [6.45, 7) is 4.86. The molecule has 1 N–H and O–H groups in total. The molecule has 1 saturated heterocycles. The van der Waals surface area contributed by atoms with E-state index in [0.29, 0.717) is 0 Å². The summed E-state index contributed by atoms with van der Waals surface area (Å²) in [6.07, 6.45) is 8.14. The summed E-state index contributed by atoms with van der Waals surface area (Å²) >= 11 is 0. The highest BCUT2D eigenvalue weighted by Crippen LogP contribution is 2.13. The Bertz CT molecular complexity index is 479. The fourth-order valence-electron chi connectivity index (χ4n) is 2.44. The van der Waals surface area contributed by atoms with E-state index in [-0.39, 0.29) is 11.9 Å². The van der Waals surface area contributed by atoms with Gasteiger partial charge in [-0.2, -0.15) is 0 Å². The number of likely N-dealkylation sites (tertiary alicyclic amines) is 1. The first kappa shape index (κ1) is 14.5. The Hall–Kier alpha value is -1.87. The van der Waals surface area contributed by atoms with Crippen molar-refractivity contribution < 1.29 is 4.79 Å². The molecule has 0 saturated carbocycles. The van der Waals surface area contributed by atoms with Gasteiger partial charge in [-0.15, -0.1) is 0 Å². The molecule has 1 unspecified atom stereocenters. The van der Waals surface area contributed by atoms with E-state index < -0.39 is 0 Å². The predicted molar refractivity (Wildman–Crippen MR) is 82.2 cm³/mol. The van der Waals surface area contributed by atoms with Crippen LogP contribution in [0, 0.1) is 0 Å². The van der Waals surface area contributed by atoms with Crippen molar-refractivity contribution >= 4 is 5.91 Å². The van der Waals surface area contributed by atoms with E-state index in [1.54, 1.807) is 12.2 Å². The van der Waals surface area contributed by atoms with Crippen molar-refractivity contribution in [3.63, 3.8) is 0 Å². The first-order chi connectivity index (χ1) is 9.78. The number of rotatable bonds is 5. The second kappa shape index (κ2) is 7.65. The van der Waals surface area contributed by atoms with Crippen LogP contribution in [-0.4, -0.2) is 29.9 Å². The van der Waals surface area contributed by atoms with Crippen LogP contribution in [0.2, 0.25) is 0 Å². The van der Waals surface area contributed by atoms with Gasteiger partial charge in [-0.3, -0.25) is 9.69 Å². The average Bonchev–Trinajstić information content (AvgIpc) is 2.87. The van der Waals surface area contributed by atoms with E-state index >= 15 is 0 Å². The van der Waals surface area contributed by atoms with Crippen molar-refractivity contribution in [1.29, 1.82) is 0 Å². The largest absolute Gasteiger partial charge is 0.348 e. The monoisotopic (exact) mass is 270 g/mol. The maximum Gasteiger partial charge on any atom is 0.244 e. The van der Waals surface area contributed by atoms with Crippen molar-refractivity contribution in [1.82, 2.24) is 10.2 Å². The van der Waals surface area contributed by atoms with Crippen LogP contribution in [0.5, 0.6) is 0 Å². The zero-order valence-corrected chi connectivity index (χ0v) is 12.0. The van der Waals surface area contributed by atoms with Crippen molar-refractivity contribution in [2.24, 2.45) is 0 Å². The number of amides is 1. The van der Waals surface area contributed by atoms with Crippen molar-refractivity contribution in [3.05, 3.63) is 60.2 Å². The minimum Gasteiger partial charge on any atom is -0.348 e. The molecule has 1 fully saturated rings. The van der Waals surface area contributed by atoms with E-state index in [9.17, 15) is 4.79 Å². The number of allylic oxidation sites excluding steroid dienone is 3. The Balaban J connectivity index is 1.76. The Kier molecular flexibility index (Phi) is 5.56. The normalized spacial score (nSPS) is 19.9. The van der Waals surface area contributed by atoms with E-state index in [1.165, 1.54) is 5.56 Å². The number of nitrogens with one attached hydrogen (secondary N) is 1. The molecule has 1 aliphatic rings. The molecule has 1 atom stereocenters. The number of carbonyl (C=O) groups is 1. The highest BCUT2D eigenvalue weighted by molar-refractivity contribution is 5.88. The zero-order chi connectivity index (χ0) is 14.2. The first-order valence-electron chi connectivity index (χ1n) is 7.14. The predicted octanol–water partition coefficient (Wildman–Crippen LogP) is 2.51. The fourth-order valence-corrected chi connectivity index (χ4v) is 2.44. The number of hydrogen-bond acceptors (Lipinski definition) is 2. The summed E-state index contributed by atoms with van der Waals surface area (Å²) in [5.41, 5.74) is 1.33. The third kappa shape index (κ3) is 4.67. The van der Waals surface area contributed by atoms with Gasteiger partial charge in [-0.25, -0.2) is 0 Å². The van der Waals surface area contributed by atoms with Gasteiger partial charge in [-0.05, 0) is 18.9 Å². The van der Waals surface area contributed by atoms with Crippen molar-refractivity contribution in [3.8, 4) is 0 Å². The highest BCUT2D eigenvalue weighted by atomic mass is 16.1. The standard InChI is InChI=1S/C17H22N2O/c1-2-3-5-10-17(20)18-16-11-12-19(14-16)13-15-8-6-4-7-9-15/h2-10,16H,11-14H2,1H3,(H,18,20). The lowest BCUT2D eigenvalue weighted by Gasteiger charge is -2.16. The lowest BCUT2D eigenvalue weighted by Crippen LogP contribution is -2.35. The molecule has 1 aromatic carbocycles. The van der Waals surface area contributed by atoms with Crippen LogP contribution in [-0.2, 0) is 11.3 Å². The third-order valence-electron chi connectivity index (χ3n) is 3.42. The van der Waals surface area contributed by atoms with Gasteiger partial charge >= 0.3 is 0 Å². The van der Waals surface area contributed by atoms with Crippen molar-refractivity contribution in [2.75, 3.05) is 13.1 Å². The summed E-state index contributed by atoms with van der Waals surface area (Å²) < 4.78 is 0. The second-order valence-corrected chi connectivity index (χ2v) is 5.10. The van der Waals surface area contributed by atoms with Crippen LogP contribution in [0.25, 0.3) is 0 Å². The Morgan fingerprint density at radius 3 is 2.90 bits per heavy atom. The number of hydrogen-bond donors (Lipinski definition) is 1. The molecule has 0 bridgehead atoms. The smallest absolute Gasteiger partial charge is 0.244 e. The number of nitrogens with zero attached hydrogens (tertiary/aromatic N) is 1. The minimum absolute atomic E-state index is 0.00494. The summed E-state index contributed by atoms with van der Waals surface area (Å²) in [5, 5.41) is 3.05. The lowest BCUT2D eigenvalue weighted by atomic mass is 10.2. The molecule has 0 aromatic heterocycles. The molecule has 0 aliphatic carbocycles. The van der Waals surface area contributed by atoms with Gasteiger partial charge in [0.05, 0.1) is 0 Å². The van der Waals surface area contributed by atoms with Crippen LogP contribution in [0.15, 0.2) is 54.6 Å². The maximum absolute atomic E-state index is 11.7. The summed E-state index contributed by atoms with van der Waals surface area (Å²) in [5.74, 6) is -0.00494. The molecule has 0 radical (unpaired) electrons. The molecule has 0 spiro atoms. The average molecular weight is 270 g/mol. The summed E-state index contributed by atoms with van der Waals surface area (Å²) in [7, 11) is 0. The maximum atomic E-state index is 11.7. The SMILES string of the molecule is CC=CC=CC(=O)NC1CCN(Cc2ccccc2)C1. The molecule has 106 valence electrons. The van der Waals surface area contributed by atoms with Crippen LogP contribution < -0.4 is 5.32 Å². The van der Waals surface area contributed by atoms with Gasteiger partial charge in [-0.1, -0.05) is 48.6 Å². The minimum atomic E-state index is -0.00494. The van der Waals surface area contributed by atoms with Crippen LogP contribution in [0.3, 0.4) is 0 Å². The molecular weight excluding hydrogens is 248 g/mol. The van der Waals surface area contributed by atoms with Gasteiger partial charge in [0, 0.05) is 31.8 Å². The first-order valence-corrected chi connectivity index (χ1v) is 7.14. The molecular formula is C17H22N2O. The summed E-state index contributed by atoms with van der Waals surface area (Å²) in [4.78, 5) is 14.1. The van der Waals surface area contributed by atoms with Gasteiger partial charge in [0.2, 0.25) is 5.91 Å². The van der Waals surface area contributed by atoms with Crippen LogP contribution in [0.1, 0.15) is 18.9 Å². The van der Waals surface area contributed by atoms with Gasteiger partial charge in [0.15, 0.2) is 0 Å². The fraction of sp³-hybridized carbons (Fsp3) is 0.353. The van der Waals surface area contributed by atoms with Crippen molar-refractivity contribution in [2.45, 2.75) is 25.9 Å². The highest BCUT2D eigenvalue weighted by Gasteiger charge is 2.22. The number of benzene rings is 1. The quantitative estimate of drug-likeness (QED) is 0.658. The summed E-state index contributed by atoms with van der Waals surface area (Å²) in [6, 6.07) is 10.7. The number of carbonyl (C=O) groups excluding carboxylic acids is 1. The van der Waals surface area contributed by atoms with E-state index in [1.807, 2.05) is 25.1 Å². The second-order valence-electron chi connectivity index (χ2n) is 5.10. The van der Waals surface area contributed by atoms with Crippen LogP contribution in [0.4, 0.5) is 0 Å². The molecule has 3 heteroatoms. The topological polar surface area (TPSA) is 32.3 Å². The zero-order valence-electron chi connectivity index (χ0n) is 12.0. The van der Waals surface area contributed by atoms with E-state index in [2.05, 4.69) is 34.5 Å². The molecule has 1 amide bonds. The molecule has 1 aromatic rings. The molecule has 1 aliphatic heterocycles. The van der Waals surface area contributed by atoms with Crippen LogP contribution >= 0.6 is 0 Å². The molecule has 1 heterocycles. The van der Waals surface area contributed by atoms with Gasteiger partial charge < -0.3 is 5.32 Å². The lowest BCUT2D eigenvalue weighted by molar-refractivity contribution is -0.117. The molecule has 3 nitrogen and oxygen atoms in total. The Morgan fingerprint density at radius 1 is 1.35 bits per heavy atom. The van der Waals surface area contributed by atoms with Gasteiger partial charge in [0.1, 0.15) is 0 Å². The van der Waals surface area contributed by atoms with Gasteiger partial charge in [0.25, 0.3) is 0 Å².